The topological polar surface area (TPSA) is 89.3 Å². The van der Waals surface area contributed by atoms with Gasteiger partial charge >= 0.3 is 0 Å². The van der Waals surface area contributed by atoms with Crippen molar-refractivity contribution < 1.29 is 13.9 Å². The van der Waals surface area contributed by atoms with E-state index in [4.69, 9.17) is 10.5 Å². The van der Waals surface area contributed by atoms with Crippen LogP contribution in [0.4, 0.5) is 15.8 Å². The van der Waals surface area contributed by atoms with Crippen molar-refractivity contribution in [3.8, 4) is 0 Å². The molecule has 2 aromatic rings. The minimum atomic E-state index is -0.424. The first-order chi connectivity index (χ1) is 11.7. The summed E-state index contributed by atoms with van der Waals surface area (Å²) in [5.41, 5.74) is 6.52. The summed E-state index contributed by atoms with van der Waals surface area (Å²) < 4.78 is 19.6. The second kappa shape index (κ2) is 7.69. The first-order valence-corrected chi connectivity index (χ1v) is 8.64. The fourth-order valence-electron chi connectivity index (χ4n) is 2.47. The molecule has 1 amide bonds. The summed E-state index contributed by atoms with van der Waals surface area (Å²) in [6, 6.07) is 4.53. The lowest BCUT2D eigenvalue weighted by atomic mass is 10.2. The van der Waals surface area contributed by atoms with Gasteiger partial charge in [-0.05, 0) is 31.0 Å². The molecular formula is C16H19FN4O2S. The number of rotatable bonds is 6. The highest BCUT2D eigenvalue weighted by Crippen LogP contribution is 2.21. The van der Waals surface area contributed by atoms with Crippen molar-refractivity contribution in [2.75, 3.05) is 23.8 Å². The number of hydrogen-bond donors (Lipinski definition) is 3. The maximum absolute atomic E-state index is 14.2. The van der Waals surface area contributed by atoms with E-state index in [-0.39, 0.29) is 24.2 Å². The molecule has 1 unspecified atom stereocenters. The van der Waals surface area contributed by atoms with Crippen molar-refractivity contribution in [1.82, 2.24) is 4.98 Å². The lowest BCUT2D eigenvalue weighted by Gasteiger charge is -2.13. The van der Waals surface area contributed by atoms with Crippen LogP contribution < -0.4 is 16.4 Å². The second-order valence-corrected chi connectivity index (χ2v) is 6.44. The maximum atomic E-state index is 14.2. The van der Waals surface area contributed by atoms with E-state index < -0.39 is 5.82 Å². The van der Waals surface area contributed by atoms with Gasteiger partial charge in [-0.15, -0.1) is 11.3 Å². The summed E-state index contributed by atoms with van der Waals surface area (Å²) in [5.74, 6) is -0.808. The monoisotopic (exact) mass is 350 g/mol. The van der Waals surface area contributed by atoms with E-state index >= 15 is 0 Å². The number of anilines is 2. The van der Waals surface area contributed by atoms with E-state index in [0.29, 0.717) is 22.9 Å². The second-order valence-electron chi connectivity index (χ2n) is 5.50. The molecule has 0 radical (unpaired) electrons. The summed E-state index contributed by atoms with van der Waals surface area (Å²) in [6.07, 6.45) is 2.16. The van der Waals surface area contributed by atoms with Crippen LogP contribution in [0.15, 0.2) is 23.6 Å². The van der Waals surface area contributed by atoms with E-state index in [2.05, 4.69) is 15.6 Å². The minimum absolute atomic E-state index is 0.130. The first kappa shape index (κ1) is 16.8. The Kier molecular flexibility index (Phi) is 5.39. The van der Waals surface area contributed by atoms with E-state index in [9.17, 15) is 9.18 Å². The average molecular weight is 350 g/mol. The number of nitrogens with one attached hydrogen (secondary N) is 2. The quantitative estimate of drug-likeness (QED) is 0.745. The summed E-state index contributed by atoms with van der Waals surface area (Å²) in [6.45, 7) is 1.63. The largest absolute Gasteiger partial charge is 0.380 e. The summed E-state index contributed by atoms with van der Waals surface area (Å²) in [4.78, 5) is 16.2. The molecule has 2 heterocycles. The Bertz CT molecular complexity index is 716. The molecule has 128 valence electrons. The molecule has 24 heavy (non-hydrogen) atoms. The molecule has 0 bridgehead atoms. The number of ether oxygens (including phenoxy) is 1. The normalized spacial score (nSPS) is 17.0. The molecule has 6 nitrogen and oxygen atoms in total. The molecule has 0 saturated carbocycles. The average Bonchev–Trinajstić information content (AvgIpc) is 3.25. The molecule has 1 saturated heterocycles. The minimum Gasteiger partial charge on any atom is -0.380 e. The third-order valence-electron chi connectivity index (χ3n) is 3.73. The zero-order valence-electron chi connectivity index (χ0n) is 13.0. The maximum Gasteiger partial charge on any atom is 0.275 e. The van der Waals surface area contributed by atoms with Crippen LogP contribution >= 0.6 is 11.3 Å². The number of nitrogens with zero attached hydrogens (tertiary/aromatic N) is 1. The van der Waals surface area contributed by atoms with Gasteiger partial charge in [-0.1, -0.05) is 0 Å². The lowest BCUT2D eigenvalue weighted by molar-refractivity contribution is 0.102. The van der Waals surface area contributed by atoms with E-state index in [1.807, 2.05) is 0 Å². The molecule has 4 N–H and O–H groups in total. The number of carbonyl (C=O) groups excluding carboxylic acids is 1. The molecule has 1 aromatic carbocycles. The SMILES string of the molecule is NCc1nc(C(=O)Nc2ccc(NCC3CCCO3)c(F)c2)cs1. The Morgan fingerprint density at radius 2 is 2.38 bits per heavy atom. The molecule has 0 spiro atoms. The molecule has 3 rings (SSSR count). The zero-order chi connectivity index (χ0) is 16.9. The van der Waals surface area contributed by atoms with Crippen LogP contribution in [-0.4, -0.2) is 30.1 Å². The zero-order valence-corrected chi connectivity index (χ0v) is 13.9. The summed E-state index contributed by atoms with van der Waals surface area (Å²) in [5, 5.41) is 7.98. The van der Waals surface area contributed by atoms with Crippen molar-refractivity contribution in [2.45, 2.75) is 25.5 Å². The van der Waals surface area contributed by atoms with Gasteiger partial charge in [-0.25, -0.2) is 9.37 Å². The van der Waals surface area contributed by atoms with Crippen molar-refractivity contribution in [1.29, 1.82) is 0 Å². The highest BCUT2D eigenvalue weighted by atomic mass is 32.1. The molecule has 8 heteroatoms. The van der Waals surface area contributed by atoms with Crippen molar-refractivity contribution >= 4 is 28.6 Å². The molecule has 1 aromatic heterocycles. The number of aromatic nitrogens is 1. The number of hydrogen-bond acceptors (Lipinski definition) is 6. The van der Waals surface area contributed by atoms with Crippen molar-refractivity contribution in [3.63, 3.8) is 0 Å². The Balaban J connectivity index is 1.60. The van der Waals surface area contributed by atoms with Crippen molar-refractivity contribution in [3.05, 3.63) is 40.1 Å². The van der Waals surface area contributed by atoms with Crippen molar-refractivity contribution in [2.24, 2.45) is 5.73 Å². The fourth-order valence-corrected chi connectivity index (χ4v) is 3.12. The molecule has 1 atom stereocenters. The van der Waals surface area contributed by atoms with Gasteiger partial charge in [0.05, 0.1) is 11.8 Å². The Morgan fingerprint density at radius 3 is 3.04 bits per heavy atom. The Labute approximate surface area is 143 Å². The number of carbonyl (C=O) groups is 1. The highest BCUT2D eigenvalue weighted by Gasteiger charge is 2.16. The van der Waals surface area contributed by atoms with Gasteiger partial charge in [0.25, 0.3) is 5.91 Å². The van der Waals surface area contributed by atoms with Gasteiger partial charge in [0.2, 0.25) is 0 Å². The van der Waals surface area contributed by atoms with Crippen LogP contribution in [0.3, 0.4) is 0 Å². The fraction of sp³-hybridized carbons (Fsp3) is 0.375. The van der Waals surface area contributed by atoms with Crippen LogP contribution in [0, 0.1) is 5.82 Å². The van der Waals surface area contributed by atoms with Gasteiger partial charge in [-0.3, -0.25) is 4.79 Å². The third kappa shape index (κ3) is 4.08. The van der Waals surface area contributed by atoms with Gasteiger partial charge in [-0.2, -0.15) is 0 Å². The van der Waals surface area contributed by atoms with Crippen LogP contribution in [-0.2, 0) is 11.3 Å². The van der Waals surface area contributed by atoms with Gasteiger partial charge in [0.1, 0.15) is 16.5 Å². The van der Waals surface area contributed by atoms with Crippen LogP contribution in [0.25, 0.3) is 0 Å². The summed E-state index contributed by atoms with van der Waals surface area (Å²) >= 11 is 1.32. The number of thiazole rings is 1. The predicted molar refractivity (Wildman–Crippen MR) is 91.8 cm³/mol. The van der Waals surface area contributed by atoms with E-state index in [1.165, 1.54) is 17.4 Å². The molecule has 0 aliphatic carbocycles. The number of nitrogens with two attached hydrogens (primary N) is 1. The van der Waals surface area contributed by atoms with Gasteiger partial charge < -0.3 is 21.1 Å². The molecule has 1 aliphatic rings. The molecular weight excluding hydrogens is 331 g/mol. The van der Waals surface area contributed by atoms with Gasteiger partial charge in [0, 0.05) is 30.8 Å². The smallest absolute Gasteiger partial charge is 0.275 e. The van der Waals surface area contributed by atoms with Crippen LogP contribution in [0.5, 0.6) is 0 Å². The number of amides is 1. The van der Waals surface area contributed by atoms with Crippen LogP contribution in [0.2, 0.25) is 0 Å². The van der Waals surface area contributed by atoms with E-state index in [1.54, 1.807) is 17.5 Å². The molecule has 1 fully saturated rings. The van der Waals surface area contributed by atoms with E-state index in [0.717, 1.165) is 19.4 Å². The first-order valence-electron chi connectivity index (χ1n) is 7.76. The van der Waals surface area contributed by atoms with Crippen LogP contribution in [0.1, 0.15) is 28.3 Å². The Morgan fingerprint density at radius 1 is 1.50 bits per heavy atom. The standard InChI is InChI=1S/C16H19FN4O2S/c17-12-6-10(20-16(22)14-9-24-15(7-18)21-14)3-4-13(12)19-8-11-2-1-5-23-11/h3-4,6,9,11,19H,1-2,5,7-8,18H2,(H,20,22). The Hall–Kier alpha value is -2.03. The van der Waals surface area contributed by atoms with Gasteiger partial charge in [0.15, 0.2) is 0 Å². The number of benzene rings is 1. The third-order valence-corrected chi connectivity index (χ3v) is 4.60. The lowest BCUT2D eigenvalue weighted by Crippen LogP contribution is -2.19. The summed E-state index contributed by atoms with van der Waals surface area (Å²) in [7, 11) is 0. The predicted octanol–water partition coefficient (Wildman–Crippen LogP) is 2.58. The highest BCUT2D eigenvalue weighted by molar-refractivity contribution is 7.09. The molecule has 1 aliphatic heterocycles. The number of halogens is 1.